The third kappa shape index (κ3) is 3.44. The van der Waals surface area contributed by atoms with Crippen molar-refractivity contribution in [2.24, 2.45) is 0 Å². The number of hydrogen-bond donors (Lipinski definition) is 2. The van der Waals surface area contributed by atoms with Crippen LogP contribution >= 0.6 is 0 Å². The Labute approximate surface area is 119 Å². The number of amides is 1. The second-order valence-electron chi connectivity index (χ2n) is 3.93. The van der Waals surface area contributed by atoms with Crippen molar-refractivity contribution in [1.82, 2.24) is 10.5 Å². The predicted molar refractivity (Wildman–Crippen MR) is 75.0 cm³/mol. The number of nitrogens with zero attached hydrogens (tertiary/aromatic N) is 2. The zero-order valence-electron chi connectivity index (χ0n) is 11.1. The molecule has 0 radical (unpaired) electrons. The van der Waals surface area contributed by atoms with Gasteiger partial charge in [0, 0.05) is 13.2 Å². The maximum Gasteiger partial charge on any atom is 0.302 e. The molecule has 1 amide bonds. The van der Waals surface area contributed by atoms with Crippen LogP contribution in [0.1, 0.15) is 10.5 Å². The zero-order chi connectivity index (χ0) is 15.2. The van der Waals surface area contributed by atoms with Crippen LogP contribution in [-0.4, -0.2) is 22.9 Å². The van der Waals surface area contributed by atoms with Crippen LogP contribution in [0, 0.1) is 10.1 Å². The first-order chi connectivity index (χ1) is 10.1. The monoisotopic (exact) mass is 288 g/mol. The first-order valence-electron chi connectivity index (χ1n) is 5.96. The number of nitrogens with one attached hydrogen (secondary N) is 2. The largest absolute Gasteiger partial charge is 0.383 e. The predicted octanol–water partition coefficient (Wildman–Crippen LogP) is 1.76. The SMILES string of the molecule is CNc1ccc(ONC(=O)c2ccccn2)cc1[N+](=O)[O-]. The van der Waals surface area contributed by atoms with E-state index < -0.39 is 10.8 Å². The van der Waals surface area contributed by atoms with Crippen LogP contribution in [0.5, 0.6) is 5.75 Å². The van der Waals surface area contributed by atoms with E-state index in [0.29, 0.717) is 5.69 Å². The molecular formula is C13H12N4O4. The molecule has 0 unspecified atom stereocenters. The van der Waals surface area contributed by atoms with Crippen molar-refractivity contribution in [2.75, 3.05) is 12.4 Å². The summed E-state index contributed by atoms with van der Waals surface area (Å²) in [6.45, 7) is 0. The molecule has 0 aliphatic heterocycles. The number of hydroxylamine groups is 1. The summed E-state index contributed by atoms with van der Waals surface area (Å²) in [4.78, 5) is 31.0. The molecule has 0 saturated heterocycles. The highest BCUT2D eigenvalue weighted by molar-refractivity contribution is 5.91. The number of carbonyl (C=O) groups is 1. The van der Waals surface area contributed by atoms with Crippen LogP contribution in [0.4, 0.5) is 11.4 Å². The minimum Gasteiger partial charge on any atom is -0.383 e. The first-order valence-corrected chi connectivity index (χ1v) is 5.96. The molecule has 2 rings (SSSR count). The molecule has 0 saturated carbocycles. The lowest BCUT2D eigenvalue weighted by molar-refractivity contribution is -0.384. The molecule has 1 heterocycles. The number of nitro benzene ring substituents is 1. The minimum atomic E-state index is -0.545. The van der Waals surface area contributed by atoms with Gasteiger partial charge in [0.15, 0.2) is 5.75 Å². The Morgan fingerprint density at radius 3 is 2.76 bits per heavy atom. The molecule has 0 atom stereocenters. The molecule has 1 aromatic carbocycles. The third-order valence-electron chi connectivity index (χ3n) is 2.59. The van der Waals surface area contributed by atoms with Crippen molar-refractivity contribution in [2.45, 2.75) is 0 Å². The number of benzene rings is 1. The van der Waals surface area contributed by atoms with Crippen LogP contribution in [0.3, 0.4) is 0 Å². The molecule has 0 aliphatic rings. The smallest absolute Gasteiger partial charge is 0.302 e. The van der Waals surface area contributed by atoms with Gasteiger partial charge in [0.1, 0.15) is 11.4 Å². The van der Waals surface area contributed by atoms with Gasteiger partial charge in [0.05, 0.1) is 11.0 Å². The van der Waals surface area contributed by atoms with Gasteiger partial charge in [-0.2, -0.15) is 5.48 Å². The molecule has 0 aliphatic carbocycles. The average Bonchev–Trinajstić information content (AvgIpc) is 2.53. The summed E-state index contributed by atoms with van der Waals surface area (Å²) in [6, 6.07) is 9.06. The number of carbonyl (C=O) groups excluding carboxylic acids is 1. The van der Waals surface area contributed by atoms with E-state index in [1.54, 1.807) is 19.2 Å². The van der Waals surface area contributed by atoms with E-state index in [-0.39, 0.29) is 17.1 Å². The van der Waals surface area contributed by atoms with Gasteiger partial charge in [-0.25, -0.2) is 0 Å². The molecule has 0 bridgehead atoms. The minimum absolute atomic E-state index is 0.144. The zero-order valence-corrected chi connectivity index (χ0v) is 11.1. The van der Waals surface area contributed by atoms with E-state index in [1.807, 2.05) is 0 Å². The topological polar surface area (TPSA) is 106 Å². The normalized spacial score (nSPS) is 9.76. The molecule has 2 N–H and O–H groups in total. The van der Waals surface area contributed by atoms with E-state index in [4.69, 9.17) is 4.84 Å². The van der Waals surface area contributed by atoms with Crippen LogP contribution < -0.4 is 15.6 Å². The van der Waals surface area contributed by atoms with E-state index in [9.17, 15) is 14.9 Å². The summed E-state index contributed by atoms with van der Waals surface area (Å²) in [5.74, 6) is -0.402. The summed E-state index contributed by atoms with van der Waals surface area (Å²) in [5, 5.41) is 13.6. The first kappa shape index (κ1) is 14.3. The van der Waals surface area contributed by atoms with Crippen molar-refractivity contribution >= 4 is 17.3 Å². The highest BCUT2D eigenvalue weighted by Gasteiger charge is 2.15. The van der Waals surface area contributed by atoms with Crippen molar-refractivity contribution < 1.29 is 14.6 Å². The lowest BCUT2D eigenvalue weighted by Gasteiger charge is -2.08. The van der Waals surface area contributed by atoms with Gasteiger partial charge < -0.3 is 10.2 Å². The number of anilines is 1. The van der Waals surface area contributed by atoms with E-state index >= 15 is 0 Å². The standard InChI is InChI=1S/C13H12N4O4/c1-14-10-6-5-9(8-12(10)17(19)20)21-16-13(18)11-4-2-3-7-15-11/h2-8,14H,1H3,(H,16,18). The Bertz CT molecular complexity index is 660. The second-order valence-corrected chi connectivity index (χ2v) is 3.93. The fourth-order valence-electron chi connectivity index (χ4n) is 1.59. The number of nitro groups is 1. The summed E-state index contributed by atoms with van der Waals surface area (Å²) in [6.07, 6.45) is 1.47. The molecule has 2 aromatic rings. The molecule has 108 valence electrons. The fourth-order valence-corrected chi connectivity index (χ4v) is 1.59. The number of rotatable bonds is 5. The van der Waals surface area contributed by atoms with Crippen molar-refractivity contribution in [3.8, 4) is 5.75 Å². The Hall–Kier alpha value is -3.16. The second kappa shape index (κ2) is 6.33. The molecule has 21 heavy (non-hydrogen) atoms. The fraction of sp³-hybridized carbons (Fsp3) is 0.0769. The third-order valence-corrected chi connectivity index (χ3v) is 2.59. The van der Waals surface area contributed by atoms with E-state index in [1.165, 1.54) is 30.5 Å². The van der Waals surface area contributed by atoms with Gasteiger partial charge in [0.25, 0.3) is 5.69 Å². The summed E-state index contributed by atoms with van der Waals surface area (Å²) >= 11 is 0. The highest BCUT2D eigenvalue weighted by atomic mass is 16.7. The average molecular weight is 288 g/mol. The highest BCUT2D eigenvalue weighted by Crippen LogP contribution is 2.28. The number of hydrogen-bond acceptors (Lipinski definition) is 6. The molecule has 8 nitrogen and oxygen atoms in total. The van der Waals surface area contributed by atoms with Gasteiger partial charge in [-0.3, -0.25) is 19.9 Å². The maximum absolute atomic E-state index is 11.7. The van der Waals surface area contributed by atoms with Crippen molar-refractivity contribution in [3.63, 3.8) is 0 Å². The van der Waals surface area contributed by atoms with Gasteiger partial charge in [0.2, 0.25) is 0 Å². The van der Waals surface area contributed by atoms with Gasteiger partial charge >= 0.3 is 5.91 Å². The van der Waals surface area contributed by atoms with Gasteiger partial charge in [-0.05, 0) is 24.3 Å². The Morgan fingerprint density at radius 2 is 2.14 bits per heavy atom. The van der Waals surface area contributed by atoms with Crippen LogP contribution in [0.25, 0.3) is 0 Å². The van der Waals surface area contributed by atoms with E-state index in [2.05, 4.69) is 15.8 Å². The van der Waals surface area contributed by atoms with Gasteiger partial charge in [-0.1, -0.05) is 6.07 Å². The molecule has 0 fully saturated rings. The van der Waals surface area contributed by atoms with Crippen molar-refractivity contribution in [1.29, 1.82) is 0 Å². The molecular weight excluding hydrogens is 276 g/mol. The lowest BCUT2D eigenvalue weighted by atomic mass is 10.2. The Balaban J connectivity index is 2.09. The number of pyridine rings is 1. The van der Waals surface area contributed by atoms with Crippen LogP contribution in [0.15, 0.2) is 42.6 Å². The molecule has 8 heteroatoms. The summed E-state index contributed by atoms with van der Waals surface area (Å²) < 4.78 is 0. The Kier molecular flexibility index (Phi) is 4.30. The lowest BCUT2D eigenvalue weighted by Crippen LogP contribution is -2.27. The Morgan fingerprint density at radius 1 is 1.33 bits per heavy atom. The van der Waals surface area contributed by atoms with Crippen LogP contribution in [-0.2, 0) is 0 Å². The summed E-state index contributed by atoms with van der Waals surface area (Å²) in [5.41, 5.74) is 2.55. The van der Waals surface area contributed by atoms with Crippen LogP contribution in [0.2, 0.25) is 0 Å². The molecule has 0 spiro atoms. The molecule has 1 aromatic heterocycles. The maximum atomic E-state index is 11.7. The quantitative estimate of drug-likeness (QED) is 0.641. The van der Waals surface area contributed by atoms with Crippen molar-refractivity contribution in [3.05, 3.63) is 58.4 Å². The number of aromatic nitrogens is 1. The summed E-state index contributed by atoms with van der Waals surface area (Å²) in [7, 11) is 1.58. The van der Waals surface area contributed by atoms with E-state index in [0.717, 1.165) is 0 Å². The van der Waals surface area contributed by atoms with Gasteiger partial charge in [-0.15, -0.1) is 0 Å².